The Morgan fingerprint density at radius 2 is 1.56 bits per heavy atom. The molecule has 4 aromatic rings. The molecule has 172 valence electrons. The molecule has 1 amide bonds. The van der Waals surface area contributed by atoms with Crippen LogP contribution >= 0.6 is 0 Å². The summed E-state index contributed by atoms with van der Waals surface area (Å²) in [5.41, 5.74) is 7.41. The number of amides is 1. The highest BCUT2D eigenvalue weighted by Gasteiger charge is 2.30. The number of alkyl carbamates (subject to hydrolysis) is 1. The van der Waals surface area contributed by atoms with Gasteiger partial charge in [-0.05, 0) is 40.8 Å². The van der Waals surface area contributed by atoms with Gasteiger partial charge in [-0.1, -0.05) is 66.7 Å². The number of benzene rings is 3. The number of ether oxygens (including phenoxy) is 1. The van der Waals surface area contributed by atoms with Crippen molar-refractivity contribution in [1.82, 2.24) is 9.88 Å². The Morgan fingerprint density at radius 1 is 0.971 bits per heavy atom. The van der Waals surface area contributed by atoms with Crippen LogP contribution in [0.5, 0.6) is 0 Å². The van der Waals surface area contributed by atoms with Crippen LogP contribution in [0.4, 0.5) is 4.79 Å². The first-order chi connectivity index (χ1) is 16.5. The third kappa shape index (κ3) is 3.71. The van der Waals surface area contributed by atoms with Crippen molar-refractivity contribution in [3.8, 4) is 11.1 Å². The monoisotopic (exact) mass is 454 g/mol. The van der Waals surface area contributed by atoms with Gasteiger partial charge in [0, 0.05) is 36.0 Å². The van der Waals surface area contributed by atoms with E-state index in [1.807, 2.05) is 79.2 Å². The minimum atomic E-state index is -1.10. The first-order valence-corrected chi connectivity index (χ1v) is 11.3. The number of hydrogen-bond donors (Lipinski definition) is 2. The number of carboxylic acids is 1. The molecule has 1 heterocycles. The number of fused-ring (bicyclic) bond motifs is 4. The molecular formula is C28H26N2O4. The van der Waals surface area contributed by atoms with Gasteiger partial charge in [0.15, 0.2) is 0 Å². The topological polar surface area (TPSA) is 80.6 Å². The third-order valence-electron chi connectivity index (χ3n) is 6.87. The van der Waals surface area contributed by atoms with Gasteiger partial charge in [0.2, 0.25) is 0 Å². The fraction of sp³-hybridized carbons (Fsp3) is 0.214. The maximum absolute atomic E-state index is 12.7. The van der Waals surface area contributed by atoms with E-state index in [0.717, 1.165) is 44.4 Å². The molecule has 0 saturated carbocycles. The first-order valence-electron chi connectivity index (χ1n) is 11.3. The fourth-order valence-electron chi connectivity index (χ4n) is 5.04. The van der Waals surface area contributed by atoms with Crippen molar-refractivity contribution in [2.45, 2.75) is 25.3 Å². The van der Waals surface area contributed by atoms with E-state index in [9.17, 15) is 14.7 Å². The first kappa shape index (κ1) is 21.8. The lowest BCUT2D eigenvalue weighted by molar-refractivity contribution is -0.139. The molecule has 1 aliphatic carbocycles. The van der Waals surface area contributed by atoms with Gasteiger partial charge in [-0.25, -0.2) is 9.59 Å². The summed E-state index contributed by atoms with van der Waals surface area (Å²) in [7, 11) is 1.95. The highest BCUT2D eigenvalue weighted by molar-refractivity contribution is 5.87. The van der Waals surface area contributed by atoms with Gasteiger partial charge in [0.25, 0.3) is 0 Å². The summed E-state index contributed by atoms with van der Waals surface area (Å²) in [6, 6.07) is 22.9. The maximum Gasteiger partial charge on any atom is 0.407 e. The number of carbonyl (C=O) groups is 2. The van der Waals surface area contributed by atoms with Crippen molar-refractivity contribution in [1.29, 1.82) is 0 Å². The fourth-order valence-corrected chi connectivity index (χ4v) is 5.04. The minimum Gasteiger partial charge on any atom is -0.480 e. The number of nitrogens with zero attached hydrogens (tertiary/aromatic N) is 1. The Bertz CT molecular complexity index is 1360. The van der Waals surface area contributed by atoms with E-state index in [0.29, 0.717) is 0 Å². The molecule has 1 aromatic heterocycles. The summed E-state index contributed by atoms with van der Waals surface area (Å²) in [6.07, 6.45) is -0.556. The van der Waals surface area contributed by atoms with Gasteiger partial charge in [0.1, 0.15) is 12.6 Å². The molecule has 5 rings (SSSR count). The standard InChI is InChI=1S/C28H26N2O4/c1-17-23(22-13-7-8-14-26(22)30(17)2)15-25(27(31)32)29-28(33)34-16-24-20-11-5-3-9-18(20)19-10-4-6-12-21(19)24/h3-14,24-25H,15-16H2,1-2H3,(H,29,33)(H,31,32). The quantitative estimate of drug-likeness (QED) is 0.429. The molecule has 0 saturated heterocycles. The predicted octanol–water partition coefficient (Wildman–Crippen LogP) is 5.02. The highest BCUT2D eigenvalue weighted by atomic mass is 16.5. The Kier molecular flexibility index (Phi) is 5.57. The van der Waals surface area contributed by atoms with Gasteiger partial charge in [0.05, 0.1) is 0 Å². The van der Waals surface area contributed by atoms with Gasteiger partial charge in [-0.3, -0.25) is 0 Å². The van der Waals surface area contributed by atoms with Crippen molar-refractivity contribution in [2.75, 3.05) is 6.61 Å². The zero-order chi connectivity index (χ0) is 23.8. The van der Waals surface area contributed by atoms with E-state index >= 15 is 0 Å². The van der Waals surface area contributed by atoms with Crippen LogP contribution in [0, 0.1) is 6.92 Å². The third-order valence-corrected chi connectivity index (χ3v) is 6.87. The molecule has 3 aromatic carbocycles. The average Bonchev–Trinajstić information content (AvgIpc) is 3.29. The van der Waals surface area contributed by atoms with Gasteiger partial charge in [-0.15, -0.1) is 0 Å². The van der Waals surface area contributed by atoms with E-state index in [-0.39, 0.29) is 18.9 Å². The van der Waals surface area contributed by atoms with Crippen LogP contribution in [0.3, 0.4) is 0 Å². The summed E-state index contributed by atoms with van der Waals surface area (Å²) < 4.78 is 7.60. The van der Waals surface area contributed by atoms with Crippen molar-refractivity contribution in [2.24, 2.45) is 7.05 Å². The zero-order valence-corrected chi connectivity index (χ0v) is 19.1. The number of para-hydroxylation sites is 1. The summed E-state index contributed by atoms with van der Waals surface area (Å²) in [6.45, 7) is 2.10. The van der Waals surface area contributed by atoms with Crippen LogP contribution in [-0.2, 0) is 23.0 Å². The lowest BCUT2D eigenvalue weighted by Gasteiger charge is -2.18. The number of carboxylic acid groups (broad SMARTS) is 1. The second kappa shape index (κ2) is 8.71. The van der Waals surface area contributed by atoms with Gasteiger partial charge >= 0.3 is 12.1 Å². The van der Waals surface area contributed by atoms with Crippen LogP contribution in [0.15, 0.2) is 72.8 Å². The molecule has 0 radical (unpaired) electrons. The molecule has 1 unspecified atom stereocenters. The summed E-state index contributed by atoms with van der Waals surface area (Å²) in [5.74, 6) is -1.18. The molecular weight excluding hydrogens is 428 g/mol. The Morgan fingerprint density at radius 3 is 2.21 bits per heavy atom. The second-order valence-electron chi connectivity index (χ2n) is 8.70. The van der Waals surface area contributed by atoms with Crippen molar-refractivity contribution >= 4 is 23.0 Å². The molecule has 34 heavy (non-hydrogen) atoms. The minimum absolute atomic E-state index is 0.0817. The van der Waals surface area contributed by atoms with Crippen LogP contribution < -0.4 is 5.32 Å². The molecule has 0 fully saturated rings. The highest BCUT2D eigenvalue weighted by Crippen LogP contribution is 2.44. The summed E-state index contributed by atoms with van der Waals surface area (Å²) in [5, 5.41) is 13.4. The van der Waals surface area contributed by atoms with Gasteiger partial charge in [-0.2, -0.15) is 0 Å². The number of aromatic nitrogens is 1. The molecule has 1 aliphatic rings. The number of aliphatic carboxylic acids is 1. The van der Waals surface area contributed by atoms with E-state index in [4.69, 9.17) is 4.74 Å². The average molecular weight is 455 g/mol. The SMILES string of the molecule is Cc1c(CC(NC(=O)OCC2c3ccccc3-c3ccccc32)C(=O)O)c2ccccc2n1C. The molecule has 6 nitrogen and oxygen atoms in total. The normalized spacial score (nSPS) is 13.4. The van der Waals surface area contributed by atoms with Crippen molar-refractivity contribution in [3.63, 3.8) is 0 Å². The summed E-state index contributed by atoms with van der Waals surface area (Å²) in [4.78, 5) is 24.7. The van der Waals surface area contributed by atoms with Crippen LogP contribution in [0.25, 0.3) is 22.0 Å². The number of carbonyl (C=O) groups excluding carboxylic acids is 1. The molecule has 1 atom stereocenters. The lowest BCUT2D eigenvalue weighted by Crippen LogP contribution is -2.43. The maximum atomic E-state index is 12.7. The Balaban J connectivity index is 1.31. The van der Waals surface area contributed by atoms with E-state index in [1.54, 1.807) is 0 Å². The molecule has 0 aliphatic heterocycles. The molecule has 0 spiro atoms. The molecule has 2 N–H and O–H groups in total. The molecule has 0 bridgehead atoms. The zero-order valence-electron chi connectivity index (χ0n) is 19.1. The van der Waals surface area contributed by atoms with E-state index in [1.165, 1.54) is 0 Å². The predicted molar refractivity (Wildman–Crippen MR) is 131 cm³/mol. The Labute approximate surface area is 197 Å². The van der Waals surface area contributed by atoms with E-state index in [2.05, 4.69) is 17.4 Å². The number of nitrogens with one attached hydrogen (secondary N) is 1. The van der Waals surface area contributed by atoms with Crippen LogP contribution in [0.1, 0.15) is 28.3 Å². The summed E-state index contributed by atoms with van der Waals surface area (Å²) >= 11 is 0. The number of hydrogen-bond acceptors (Lipinski definition) is 3. The largest absolute Gasteiger partial charge is 0.480 e. The van der Waals surface area contributed by atoms with Crippen LogP contribution in [0.2, 0.25) is 0 Å². The smallest absolute Gasteiger partial charge is 0.407 e. The van der Waals surface area contributed by atoms with E-state index < -0.39 is 18.1 Å². The van der Waals surface area contributed by atoms with Gasteiger partial charge < -0.3 is 19.7 Å². The lowest BCUT2D eigenvalue weighted by atomic mass is 9.98. The van der Waals surface area contributed by atoms with Crippen molar-refractivity contribution < 1.29 is 19.4 Å². The Hall–Kier alpha value is -4.06. The van der Waals surface area contributed by atoms with Crippen molar-refractivity contribution in [3.05, 3.63) is 95.2 Å². The molecule has 6 heteroatoms. The number of aryl methyl sites for hydroxylation is 1. The number of rotatable bonds is 6. The second-order valence-corrected chi connectivity index (χ2v) is 8.70. The van der Waals surface area contributed by atoms with Crippen LogP contribution in [-0.4, -0.2) is 34.4 Å².